The Morgan fingerprint density at radius 2 is 1.85 bits per heavy atom. The first kappa shape index (κ1) is 14.3. The van der Waals surface area contributed by atoms with Gasteiger partial charge in [-0.25, -0.2) is 4.39 Å². The van der Waals surface area contributed by atoms with Gasteiger partial charge in [-0.05, 0) is 42.2 Å². The molecule has 0 aliphatic carbocycles. The lowest BCUT2D eigenvalue weighted by Crippen LogP contribution is -2.16. The molecule has 104 valence electrons. The summed E-state index contributed by atoms with van der Waals surface area (Å²) in [4.78, 5) is 12.1. The number of carbonyl (C=O) groups is 1. The summed E-state index contributed by atoms with van der Waals surface area (Å²) < 4.78 is 12.8. The summed E-state index contributed by atoms with van der Waals surface area (Å²) in [5.74, 6) is -0.373. The molecule has 0 unspecified atom stereocenters. The van der Waals surface area contributed by atoms with E-state index in [1.165, 1.54) is 12.1 Å². The fourth-order valence-corrected chi connectivity index (χ4v) is 2.17. The molecule has 2 rings (SSSR count). The largest absolute Gasteiger partial charge is 0.325 e. The number of para-hydroxylation sites is 1. The van der Waals surface area contributed by atoms with Gasteiger partial charge in [-0.3, -0.25) is 4.79 Å². The molecule has 0 aromatic heterocycles. The fourth-order valence-electron chi connectivity index (χ4n) is 2.17. The quantitative estimate of drug-likeness (QED) is 0.898. The second-order valence-electron chi connectivity index (χ2n) is 4.81. The molecule has 0 aliphatic rings. The molecule has 2 aromatic rings. The molecule has 1 amide bonds. The summed E-state index contributed by atoms with van der Waals surface area (Å²) in [6, 6.07) is 12.0. The van der Waals surface area contributed by atoms with Crippen molar-refractivity contribution < 1.29 is 9.18 Å². The van der Waals surface area contributed by atoms with Crippen LogP contribution in [0.25, 0.3) is 0 Å². The summed E-state index contributed by atoms with van der Waals surface area (Å²) in [5, 5.41) is 2.96. The first-order chi connectivity index (χ1) is 9.60. The van der Waals surface area contributed by atoms with Crippen molar-refractivity contribution in [1.29, 1.82) is 0 Å². The lowest BCUT2D eigenvalue weighted by molar-refractivity contribution is -0.115. The molecule has 0 bridgehead atoms. The molecule has 0 heterocycles. The van der Waals surface area contributed by atoms with E-state index < -0.39 is 0 Å². The summed E-state index contributed by atoms with van der Waals surface area (Å²) in [6.07, 6.45) is 1.12. The van der Waals surface area contributed by atoms with E-state index in [1.807, 2.05) is 25.1 Å². The molecule has 2 aromatic carbocycles. The van der Waals surface area contributed by atoms with Crippen LogP contribution in [-0.4, -0.2) is 5.91 Å². The molecular formula is C17H18FNO. The molecule has 1 N–H and O–H groups in total. The van der Waals surface area contributed by atoms with Gasteiger partial charge in [0, 0.05) is 5.69 Å². The zero-order chi connectivity index (χ0) is 14.5. The molecule has 0 fully saturated rings. The van der Waals surface area contributed by atoms with Crippen LogP contribution in [-0.2, 0) is 17.6 Å². The van der Waals surface area contributed by atoms with Gasteiger partial charge in [0.05, 0.1) is 6.42 Å². The van der Waals surface area contributed by atoms with Crippen molar-refractivity contribution in [3.05, 3.63) is 65.0 Å². The Kier molecular flexibility index (Phi) is 4.51. The van der Waals surface area contributed by atoms with E-state index in [-0.39, 0.29) is 18.1 Å². The minimum Gasteiger partial charge on any atom is -0.325 e. The number of amides is 1. The maximum absolute atomic E-state index is 12.8. The van der Waals surface area contributed by atoms with Crippen molar-refractivity contribution in [1.82, 2.24) is 0 Å². The Bertz CT molecular complexity index is 605. The van der Waals surface area contributed by atoms with Gasteiger partial charge < -0.3 is 5.32 Å². The van der Waals surface area contributed by atoms with E-state index in [2.05, 4.69) is 12.2 Å². The smallest absolute Gasteiger partial charge is 0.228 e. The molecule has 0 saturated heterocycles. The Labute approximate surface area is 118 Å². The minimum absolute atomic E-state index is 0.0828. The third kappa shape index (κ3) is 3.44. The fraction of sp³-hybridized carbons (Fsp3) is 0.235. The molecule has 3 heteroatoms. The van der Waals surface area contributed by atoms with E-state index in [0.29, 0.717) is 0 Å². The highest BCUT2D eigenvalue weighted by molar-refractivity contribution is 5.93. The van der Waals surface area contributed by atoms with Gasteiger partial charge >= 0.3 is 0 Å². The standard InChI is InChI=1S/C17H18FNO/c1-3-14-6-4-5-12(2)17(14)19-16(20)11-13-7-9-15(18)10-8-13/h4-10H,3,11H2,1-2H3,(H,19,20). The van der Waals surface area contributed by atoms with Crippen molar-refractivity contribution in [3.8, 4) is 0 Å². The number of hydrogen-bond acceptors (Lipinski definition) is 1. The predicted octanol–water partition coefficient (Wildman–Crippen LogP) is 3.88. The van der Waals surface area contributed by atoms with E-state index in [9.17, 15) is 9.18 Å². The maximum atomic E-state index is 12.8. The van der Waals surface area contributed by atoms with Gasteiger partial charge in [-0.2, -0.15) is 0 Å². The Hall–Kier alpha value is -2.16. The highest BCUT2D eigenvalue weighted by Gasteiger charge is 2.09. The van der Waals surface area contributed by atoms with Crippen LogP contribution in [0.4, 0.5) is 10.1 Å². The number of anilines is 1. The van der Waals surface area contributed by atoms with Crippen molar-refractivity contribution in [3.63, 3.8) is 0 Å². The summed E-state index contributed by atoms with van der Waals surface area (Å²) in [5.41, 5.74) is 3.87. The normalized spacial score (nSPS) is 10.3. The third-order valence-electron chi connectivity index (χ3n) is 3.28. The van der Waals surface area contributed by atoms with Crippen molar-refractivity contribution >= 4 is 11.6 Å². The molecular weight excluding hydrogens is 253 g/mol. The number of benzene rings is 2. The summed E-state index contributed by atoms with van der Waals surface area (Å²) in [7, 11) is 0. The summed E-state index contributed by atoms with van der Waals surface area (Å²) in [6.45, 7) is 4.04. The van der Waals surface area contributed by atoms with E-state index in [0.717, 1.165) is 28.8 Å². The number of nitrogens with one attached hydrogen (secondary N) is 1. The third-order valence-corrected chi connectivity index (χ3v) is 3.28. The first-order valence-corrected chi connectivity index (χ1v) is 6.73. The van der Waals surface area contributed by atoms with Crippen LogP contribution < -0.4 is 5.32 Å². The lowest BCUT2D eigenvalue weighted by Gasteiger charge is -2.13. The average Bonchev–Trinajstić information content (AvgIpc) is 2.43. The van der Waals surface area contributed by atoms with Crippen LogP contribution in [0.5, 0.6) is 0 Å². The van der Waals surface area contributed by atoms with Gasteiger partial charge in [-0.1, -0.05) is 37.3 Å². The molecule has 20 heavy (non-hydrogen) atoms. The van der Waals surface area contributed by atoms with Crippen LogP contribution in [0.1, 0.15) is 23.6 Å². The van der Waals surface area contributed by atoms with E-state index >= 15 is 0 Å². The maximum Gasteiger partial charge on any atom is 0.228 e. The van der Waals surface area contributed by atoms with Crippen LogP contribution in [0, 0.1) is 12.7 Å². The minimum atomic E-state index is -0.290. The average molecular weight is 271 g/mol. The number of rotatable bonds is 4. The second-order valence-corrected chi connectivity index (χ2v) is 4.81. The first-order valence-electron chi connectivity index (χ1n) is 6.73. The SMILES string of the molecule is CCc1cccc(C)c1NC(=O)Cc1ccc(F)cc1. The van der Waals surface area contributed by atoms with Crippen molar-refractivity contribution in [2.45, 2.75) is 26.7 Å². The van der Waals surface area contributed by atoms with E-state index in [1.54, 1.807) is 12.1 Å². The Balaban J connectivity index is 2.10. The molecule has 0 spiro atoms. The highest BCUT2D eigenvalue weighted by atomic mass is 19.1. The Morgan fingerprint density at radius 1 is 1.15 bits per heavy atom. The number of halogens is 1. The van der Waals surface area contributed by atoms with Crippen LogP contribution in [0.2, 0.25) is 0 Å². The Morgan fingerprint density at radius 3 is 2.50 bits per heavy atom. The van der Waals surface area contributed by atoms with Gasteiger partial charge in [-0.15, -0.1) is 0 Å². The van der Waals surface area contributed by atoms with Crippen LogP contribution in [0.3, 0.4) is 0 Å². The van der Waals surface area contributed by atoms with Gasteiger partial charge in [0.15, 0.2) is 0 Å². The van der Waals surface area contributed by atoms with Crippen LogP contribution in [0.15, 0.2) is 42.5 Å². The number of hydrogen-bond donors (Lipinski definition) is 1. The number of aryl methyl sites for hydroxylation is 2. The lowest BCUT2D eigenvalue weighted by atomic mass is 10.1. The van der Waals surface area contributed by atoms with Gasteiger partial charge in [0.25, 0.3) is 0 Å². The zero-order valence-electron chi connectivity index (χ0n) is 11.7. The monoisotopic (exact) mass is 271 g/mol. The predicted molar refractivity (Wildman–Crippen MR) is 79.3 cm³/mol. The second kappa shape index (κ2) is 6.33. The van der Waals surface area contributed by atoms with Gasteiger partial charge in [0.1, 0.15) is 5.82 Å². The molecule has 0 atom stereocenters. The van der Waals surface area contributed by atoms with Crippen molar-refractivity contribution in [2.75, 3.05) is 5.32 Å². The number of carbonyl (C=O) groups excluding carboxylic acids is 1. The zero-order valence-corrected chi connectivity index (χ0v) is 11.7. The molecule has 2 nitrogen and oxygen atoms in total. The van der Waals surface area contributed by atoms with Crippen molar-refractivity contribution in [2.24, 2.45) is 0 Å². The molecule has 0 aliphatic heterocycles. The molecule has 0 saturated carbocycles. The van der Waals surface area contributed by atoms with Gasteiger partial charge in [0.2, 0.25) is 5.91 Å². The summed E-state index contributed by atoms with van der Waals surface area (Å²) >= 11 is 0. The molecule has 0 radical (unpaired) electrons. The van der Waals surface area contributed by atoms with E-state index in [4.69, 9.17) is 0 Å². The topological polar surface area (TPSA) is 29.1 Å². The highest BCUT2D eigenvalue weighted by Crippen LogP contribution is 2.21. The van der Waals surface area contributed by atoms with Crippen LogP contribution >= 0.6 is 0 Å².